The highest BCUT2D eigenvalue weighted by Gasteiger charge is 2.42. The molecule has 2 aromatic carbocycles. The number of nitrogens with two attached hydrogens (primary N) is 1. The van der Waals surface area contributed by atoms with Gasteiger partial charge >= 0.3 is 0 Å². The van der Waals surface area contributed by atoms with Crippen LogP contribution in [0.2, 0.25) is 10.0 Å². The van der Waals surface area contributed by atoms with Crippen molar-refractivity contribution in [2.75, 3.05) is 13.1 Å². The van der Waals surface area contributed by atoms with Gasteiger partial charge in [0.15, 0.2) is 5.82 Å². The zero-order chi connectivity index (χ0) is 25.2. The minimum Gasteiger partial charge on any atom is -0.330 e. The molecule has 2 heterocycles. The Morgan fingerprint density at radius 1 is 1.08 bits per heavy atom. The first kappa shape index (κ1) is 24.6. The van der Waals surface area contributed by atoms with Gasteiger partial charge in [0.05, 0.1) is 17.6 Å². The van der Waals surface area contributed by atoms with Crippen LogP contribution >= 0.6 is 23.2 Å². The largest absolute Gasteiger partial charge is 0.330 e. The number of aromatic nitrogens is 3. The van der Waals surface area contributed by atoms with Gasteiger partial charge in [0, 0.05) is 23.3 Å². The highest BCUT2D eigenvalue weighted by atomic mass is 35.5. The van der Waals surface area contributed by atoms with Crippen LogP contribution in [0.3, 0.4) is 0 Å². The number of fused-ring (bicyclic) bond motifs is 1. The van der Waals surface area contributed by atoms with E-state index in [2.05, 4.69) is 0 Å². The van der Waals surface area contributed by atoms with Crippen LogP contribution in [0.4, 0.5) is 0 Å². The maximum Gasteiger partial charge on any atom is 0.279 e. The Balaban J connectivity index is 1.67. The summed E-state index contributed by atoms with van der Waals surface area (Å²) in [5.41, 5.74) is 7.43. The molecular formula is C27H27Cl2N5O2. The summed E-state index contributed by atoms with van der Waals surface area (Å²) in [6, 6.07) is 17.9. The molecule has 0 spiro atoms. The van der Waals surface area contributed by atoms with Crippen molar-refractivity contribution in [2.24, 2.45) is 11.7 Å². The summed E-state index contributed by atoms with van der Waals surface area (Å²) in [5, 5.41) is 5.79. The van der Waals surface area contributed by atoms with E-state index in [4.69, 9.17) is 34.0 Å². The first-order chi connectivity index (χ1) is 17.5. The van der Waals surface area contributed by atoms with Crippen LogP contribution in [0.5, 0.6) is 0 Å². The summed E-state index contributed by atoms with van der Waals surface area (Å²) in [5.74, 6) is 0.602. The third kappa shape index (κ3) is 4.91. The maximum atomic E-state index is 13.8. The number of carbonyl (C=O) groups excluding carboxylic acids is 1. The molecule has 1 aliphatic rings. The van der Waals surface area contributed by atoms with Crippen molar-refractivity contribution in [1.29, 1.82) is 0 Å². The van der Waals surface area contributed by atoms with E-state index < -0.39 is 0 Å². The fraction of sp³-hybridized carbons (Fsp3) is 0.296. The Bertz CT molecular complexity index is 1430. The van der Waals surface area contributed by atoms with Crippen LogP contribution in [0, 0.1) is 5.92 Å². The number of nitrogens with zero attached hydrogens (tertiary/aromatic N) is 4. The number of carbonyl (C=O) groups is 1. The molecule has 1 saturated carbocycles. The van der Waals surface area contributed by atoms with E-state index in [1.807, 2.05) is 35.2 Å². The van der Waals surface area contributed by atoms with Crippen LogP contribution in [-0.4, -0.2) is 38.1 Å². The molecule has 1 aliphatic carbocycles. The zero-order valence-corrected chi connectivity index (χ0v) is 21.2. The van der Waals surface area contributed by atoms with Gasteiger partial charge in [-0.3, -0.25) is 14.2 Å². The lowest BCUT2D eigenvalue weighted by Crippen LogP contribution is -2.41. The standard InChI is InChI=1S/C27H27Cl2N5O2/c28-21-11-9-20(10-12-21)26(35)32(15-4-14-30)23(19-7-8-19)25-31-34-16-13-22(29)24(34)27(36)33(25)17-18-5-2-1-3-6-18/h1-3,5-6,9-13,16,19,23H,4,7-8,14-15,17,30H2. The summed E-state index contributed by atoms with van der Waals surface area (Å²) in [4.78, 5) is 29.4. The SMILES string of the molecule is NCCCN(C(=O)c1ccc(Cl)cc1)C(c1nn2ccc(Cl)c2c(=O)n1Cc1ccccc1)C1CC1. The summed E-state index contributed by atoms with van der Waals surface area (Å²) in [6.45, 7) is 1.21. The molecule has 0 bridgehead atoms. The second-order valence-electron chi connectivity index (χ2n) is 9.12. The summed E-state index contributed by atoms with van der Waals surface area (Å²) in [7, 11) is 0. The van der Waals surface area contributed by atoms with Gasteiger partial charge in [-0.25, -0.2) is 4.52 Å². The van der Waals surface area contributed by atoms with E-state index in [-0.39, 0.29) is 23.4 Å². The van der Waals surface area contributed by atoms with Gasteiger partial charge < -0.3 is 10.6 Å². The molecule has 4 aromatic rings. The van der Waals surface area contributed by atoms with Gasteiger partial charge in [0.25, 0.3) is 11.5 Å². The fourth-order valence-corrected chi connectivity index (χ4v) is 4.97. The summed E-state index contributed by atoms with van der Waals surface area (Å²) < 4.78 is 3.20. The van der Waals surface area contributed by atoms with Gasteiger partial charge in [0.2, 0.25) is 0 Å². The molecule has 7 nitrogen and oxygen atoms in total. The Labute approximate surface area is 219 Å². The molecule has 2 N–H and O–H groups in total. The Hall–Kier alpha value is -3.13. The quantitative estimate of drug-likeness (QED) is 0.341. The van der Waals surface area contributed by atoms with Gasteiger partial charge in [0.1, 0.15) is 5.52 Å². The third-order valence-electron chi connectivity index (χ3n) is 6.56. The number of halogens is 2. The van der Waals surface area contributed by atoms with Gasteiger partial charge in [-0.05, 0) is 67.6 Å². The Kier molecular flexibility index (Phi) is 7.14. The maximum absolute atomic E-state index is 13.8. The van der Waals surface area contributed by atoms with E-state index in [0.29, 0.717) is 53.0 Å². The van der Waals surface area contributed by atoms with E-state index in [1.165, 1.54) is 4.52 Å². The van der Waals surface area contributed by atoms with Gasteiger partial charge in [-0.15, -0.1) is 0 Å². The van der Waals surface area contributed by atoms with Gasteiger partial charge in [-0.1, -0.05) is 53.5 Å². The molecule has 0 radical (unpaired) electrons. The predicted molar refractivity (Wildman–Crippen MR) is 142 cm³/mol. The van der Waals surface area contributed by atoms with E-state index >= 15 is 0 Å². The van der Waals surface area contributed by atoms with Gasteiger partial charge in [-0.2, -0.15) is 5.10 Å². The van der Waals surface area contributed by atoms with E-state index in [9.17, 15) is 9.59 Å². The summed E-state index contributed by atoms with van der Waals surface area (Å²) >= 11 is 12.4. The minimum absolute atomic E-state index is 0.136. The molecule has 1 atom stereocenters. The lowest BCUT2D eigenvalue weighted by atomic mass is 10.1. The number of hydrogen-bond donors (Lipinski definition) is 1. The first-order valence-corrected chi connectivity index (χ1v) is 12.8. The number of hydrogen-bond acceptors (Lipinski definition) is 4. The Morgan fingerprint density at radius 3 is 2.47 bits per heavy atom. The first-order valence-electron chi connectivity index (χ1n) is 12.1. The molecule has 1 unspecified atom stereocenters. The van der Waals surface area contributed by atoms with Crippen molar-refractivity contribution in [3.63, 3.8) is 0 Å². The van der Waals surface area contributed by atoms with Crippen LogP contribution in [0.25, 0.3) is 5.52 Å². The monoisotopic (exact) mass is 523 g/mol. The molecular weight excluding hydrogens is 497 g/mol. The molecule has 1 fully saturated rings. The van der Waals surface area contributed by atoms with Crippen molar-refractivity contribution in [3.8, 4) is 0 Å². The fourth-order valence-electron chi connectivity index (χ4n) is 4.62. The van der Waals surface area contributed by atoms with Crippen molar-refractivity contribution >= 4 is 34.6 Å². The zero-order valence-electron chi connectivity index (χ0n) is 19.7. The second-order valence-corrected chi connectivity index (χ2v) is 9.97. The van der Waals surface area contributed by atoms with Crippen molar-refractivity contribution in [2.45, 2.75) is 31.8 Å². The molecule has 186 valence electrons. The highest BCUT2D eigenvalue weighted by Crippen LogP contribution is 2.44. The normalized spacial score (nSPS) is 14.2. The average Bonchev–Trinajstić information content (AvgIpc) is 3.65. The average molecular weight is 524 g/mol. The minimum atomic E-state index is -0.387. The highest BCUT2D eigenvalue weighted by molar-refractivity contribution is 6.33. The topological polar surface area (TPSA) is 85.6 Å². The molecule has 9 heteroatoms. The van der Waals surface area contributed by atoms with Crippen LogP contribution in [0.15, 0.2) is 71.7 Å². The van der Waals surface area contributed by atoms with E-state index in [1.54, 1.807) is 41.1 Å². The van der Waals surface area contributed by atoms with Crippen molar-refractivity contribution in [1.82, 2.24) is 19.1 Å². The predicted octanol–water partition coefficient (Wildman–Crippen LogP) is 4.79. The lowest BCUT2D eigenvalue weighted by Gasteiger charge is -2.33. The number of amides is 1. The molecule has 0 aliphatic heterocycles. The molecule has 2 aromatic heterocycles. The van der Waals surface area contributed by atoms with E-state index in [0.717, 1.165) is 18.4 Å². The smallest absolute Gasteiger partial charge is 0.279 e. The molecule has 5 rings (SSSR count). The summed E-state index contributed by atoms with van der Waals surface area (Å²) in [6.07, 6.45) is 4.21. The lowest BCUT2D eigenvalue weighted by molar-refractivity contribution is 0.0632. The van der Waals surface area contributed by atoms with Crippen molar-refractivity contribution in [3.05, 3.63) is 104 Å². The van der Waals surface area contributed by atoms with Crippen LogP contribution in [0.1, 0.15) is 47.1 Å². The second kappa shape index (κ2) is 10.5. The number of rotatable bonds is 9. The molecule has 1 amide bonds. The molecule has 36 heavy (non-hydrogen) atoms. The van der Waals surface area contributed by atoms with Crippen LogP contribution in [-0.2, 0) is 6.54 Å². The van der Waals surface area contributed by atoms with Crippen LogP contribution < -0.4 is 11.3 Å². The third-order valence-corrected chi connectivity index (χ3v) is 7.12. The molecule has 0 saturated heterocycles. The number of benzene rings is 2. The van der Waals surface area contributed by atoms with Crippen molar-refractivity contribution < 1.29 is 4.79 Å². The Morgan fingerprint density at radius 2 is 1.81 bits per heavy atom.